The van der Waals surface area contributed by atoms with Crippen LogP contribution < -0.4 is 5.32 Å². The first kappa shape index (κ1) is 13.4. The summed E-state index contributed by atoms with van der Waals surface area (Å²) in [5, 5.41) is 12.2. The van der Waals surface area contributed by atoms with Crippen LogP contribution in [0.5, 0.6) is 0 Å². The molecule has 4 heteroatoms. The SMILES string of the molecule is CC1(C#N)CCN(CC(=O)NC2CCCC2)CC1. The zero-order chi connectivity index (χ0) is 13.0. The van der Waals surface area contributed by atoms with Gasteiger partial charge in [-0.3, -0.25) is 9.69 Å². The van der Waals surface area contributed by atoms with E-state index >= 15 is 0 Å². The van der Waals surface area contributed by atoms with Gasteiger partial charge in [-0.15, -0.1) is 0 Å². The third-order valence-electron chi connectivity index (χ3n) is 4.32. The molecule has 2 aliphatic rings. The van der Waals surface area contributed by atoms with Crippen molar-refractivity contribution in [1.29, 1.82) is 5.26 Å². The van der Waals surface area contributed by atoms with E-state index in [0.717, 1.165) is 38.8 Å². The van der Waals surface area contributed by atoms with Gasteiger partial charge >= 0.3 is 0 Å². The van der Waals surface area contributed by atoms with Crippen LogP contribution in [-0.4, -0.2) is 36.5 Å². The minimum absolute atomic E-state index is 0.155. The molecule has 0 aromatic heterocycles. The average Bonchev–Trinajstić information content (AvgIpc) is 2.85. The van der Waals surface area contributed by atoms with E-state index in [-0.39, 0.29) is 11.3 Å². The van der Waals surface area contributed by atoms with E-state index in [0.29, 0.717) is 12.6 Å². The van der Waals surface area contributed by atoms with Gasteiger partial charge in [-0.2, -0.15) is 5.26 Å². The first-order chi connectivity index (χ1) is 8.61. The Kier molecular flexibility index (Phi) is 4.23. The normalized spacial score (nSPS) is 24.7. The molecule has 2 rings (SSSR count). The molecule has 0 spiro atoms. The van der Waals surface area contributed by atoms with E-state index in [2.05, 4.69) is 16.3 Å². The Morgan fingerprint density at radius 3 is 2.56 bits per heavy atom. The quantitative estimate of drug-likeness (QED) is 0.827. The number of carbonyl (C=O) groups excluding carboxylic acids is 1. The predicted octanol–water partition coefficient (Wildman–Crippen LogP) is 1.67. The van der Waals surface area contributed by atoms with Gasteiger partial charge in [0, 0.05) is 19.1 Å². The van der Waals surface area contributed by atoms with Crippen molar-refractivity contribution < 1.29 is 4.79 Å². The van der Waals surface area contributed by atoms with Crippen molar-refractivity contribution >= 4 is 5.91 Å². The molecule has 0 atom stereocenters. The molecule has 1 saturated carbocycles. The first-order valence-electron chi connectivity index (χ1n) is 7.04. The number of hydrogen-bond donors (Lipinski definition) is 1. The van der Waals surface area contributed by atoms with Crippen LogP contribution in [0.4, 0.5) is 0 Å². The molecule has 100 valence electrons. The molecular formula is C14H23N3O. The molecule has 0 aromatic carbocycles. The number of piperidine rings is 1. The lowest BCUT2D eigenvalue weighted by Gasteiger charge is -2.34. The van der Waals surface area contributed by atoms with Crippen molar-refractivity contribution in [1.82, 2.24) is 10.2 Å². The second kappa shape index (κ2) is 5.71. The predicted molar refractivity (Wildman–Crippen MR) is 69.8 cm³/mol. The summed E-state index contributed by atoms with van der Waals surface area (Å²) < 4.78 is 0. The maximum absolute atomic E-state index is 11.9. The van der Waals surface area contributed by atoms with Gasteiger partial charge in [-0.05, 0) is 32.6 Å². The first-order valence-corrected chi connectivity index (χ1v) is 7.04. The lowest BCUT2D eigenvalue weighted by Crippen LogP contribution is -2.45. The van der Waals surface area contributed by atoms with Crippen LogP contribution in [-0.2, 0) is 4.79 Å². The number of likely N-dealkylation sites (tertiary alicyclic amines) is 1. The maximum atomic E-state index is 11.9. The molecule has 2 fully saturated rings. The summed E-state index contributed by atoms with van der Waals surface area (Å²) in [6.45, 7) is 4.24. The molecule has 1 heterocycles. The van der Waals surface area contributed by atoms with Gasteiger partial charge in [-0.25, -0.2) is 0 Å². The highest BCUT2D eigenvalue weighted by molar-refractivity contribution is 5.78. The standard InChI is InChI=1S/C14H23N3O/c1-14(11-15)6-8-17(9-7-14)10-13(18)16-12-4-2-3-5-12/h12H,2-10H2,1H3,(H,16,18). The lowest BCUT2D eigenvalue weighted by atomic mass is 9.82. The van der Waals surface area contributed by atoms with Crippen molar-refractivity contribution in [3.05, 3.63) is 0 Å². The lowest BCUT2D eigenvalue weighted by molar-refractivity contribution is -0.123. The summed E-state index contributed by atoms with van der Waals surface area (Å²) in [6, 6.07) is 2.79. The Labute approximate surface area is 109 Å². The Morgan fingerprint density at radius 2 is 2.00 bits per heavy atom. The highest BCUT2D eigenvalue weighted by Crippen LogP contribution is 2.29. The molecule has 1 aliphatic heterocycles. The Hall–Kier alpha value is -1.08. The van der Waals surface area contributed by atoms with E-state index in [1.807, 2.05) is 6.92 Å². The van der Waals surface area contributed by atoms with Crippen molar-refractivity contribution in [3.8, 4) is 6.07 Å². The summed E-state index contributed by atoms with van der Waals surface area (Å²) in [5.74, 6) is 0.155. The molecule has 0 unspecified atom stereocenters. The highest BCUT2D eigenvalue weighted by atomic mass is 16.2. The Bertz CT molecular complexity index is 333. The van der Waals surface area contributed by atoms with Crippen LogP contribution in [0, 0.1) is 16.7 Å². The number of nitriles is 1. The van der Waals surface area contributed by atoms with Crippen LogP contribution >= 0.6 is 0 Å². The number of nitrogens with one attached hydrogen (secondary N) is 1. The van der Waals surface area contributed by atoms with Gasteiger partial charge in [0.15, 0.2) is 0 Å². The third kappa shape index (κ3) is 3.46. The Balaban J connectivity index is 1.71. The van der Waals surface area contributed by atoms with Crippen LogP contribution in [0.1, 0.15) is 45.4 Å². The summed E-state index contributed by atoms with van der Waals surface area (Å²) >= 11 is 0. The average molecular weight is 249 g/mol. The highest BCUT2D eigenvalue weighted by Gasteiger charge is 2.30. The summed E-state index contributed by atoms with van der Waals surface area (Å²) in [6.07, 6.45) is 6.52. The smallest absolute Gasteiger partial charge is 0.234 e. The number of rotatable bonds is 3. The second-order valence-corrected chi connectivity index (χ2v) is 6.00. The van der Waals surface area contributed by atoms with Crippen LogP contribution in [0.3, 0.4) is 0 Å². The van der Waals surface area contributed by atoms with Gasteiger partial charge < -0.3 is 5.32 Å². The van der Waals surface area contributed by atoms with Gasteiger partial charge in [0.1, 0.15) is 0 Å². The molecule has 1 N–H and O–H groups in total. The fourth-order valence-corrected chi connectivity index (χ4v) is 2.86. The van der Waals surface area contributed by atoms with Gasteiger partial charge in [0.05, 0.1) is 18.0 Å². The van der Waals surface area contributed by atoms with Gasteiger partial charge in [0.25, 0.3) is 0 Å². The minimum Gasteiger partial charge on any atom is -0.352 e. The maximum Gasteiger partial charge on any atom is 0.234 e. The van der Waals surface area contributed by atoms with E-state index in [9.17, 15) is 4.79 Å². The zero-order valence-electron chi connectivity index (χ0n) is 11.2. The molecule has 4 nitrogen and oxygen atoms in total. The summed E-state index contributed by atoms with van der Waals surface area (Å²) in [7, 11) is 0. The molecule has 0 radical (unpaired) electrons. The van der Waals surface area contributed by atoms with E-state index < -0.39 is 0 Å². The summed E-state index contributed by atoms with van der Waals surface area (Å²) in [4.78, 5) is 14.1. The van der Waals surface area contributed by atoms with Crippen LogP contribution in [0.2, 0.25) is 0 Å². The minimum atomic E-state index is -0.182. The van der Waals surface area contributed by atoms with Gasteiger partial charge in [-0.1, -0.05) is 12.8 Å². The molecule has 1 amide bonds. The van der Waals surface area contributed by atoms with Gasteiger partial charge in [0.2, 0.25) is 5.91 Å². The molecule has 1 saturated heterocycles. The van der Waals surface area contributed by atoms with E-state index in [4.69, 9.17) is 5.26 Å². The molecule has 0 aromatic rings. The molecule has 1 aliphatic carbocycles. The second-order valence-electron chi connectivity index (χ2n) is 6.00. The number of amides is 1. The van der Waals surface area contributed by atoms with Crippen molar-refractivity contribution in [2.75, 3.05) is 19.6 Å². The van der Waals surface area contributed by atoms with Crippen molar-refractivity contribution in [2.24, 2.45) is 5.41 Å². The van der Waals surface area contributed by atoms with Crippen molar-refractivity contribution in [2.45, 2.75) is 51.5 Å². The largest absolute Gasteiger partial charge is 0.352 e. The number of hydrogen-bond acceptors (Lipinski definition) is 3. The summed E-state index contributed by atoms with van der Waals surface area (Å²) in [5.41, 5.74) is -0.182. The molecular weight excluding hydrogens is 226 g/mol. The monoisotopic (exact) mass is 249 g/mol. The van der Waals surface area contributed by atoms with Crippen LogP contribution in [0.15, 0.2) is 0 Å². The van der Waals surface area contributed by atoms with Crippen molar-refractivity contribution in [3.63, 3.8) is 0 Å². The van der Waals surface area contributed by atoms with Crippen LogP contribution in [0.25, 0.3) is 0 Å². The van der Waals surface area contributed by atoms with E-state index in [1.165, 1.54) is 12.8 Å². The molecule has 18 heavy (non-hydrogen) atoms. The van der Waals surface area contributed by atoms with E-state index in [1.54, 1.807) is 0 Å². The Morgan fingerprint density at radius 1 is 1.39 bits per heavy atom. The third-order valence-corrected chi connectivity index (χ3v) is 4.32. The fourth-order valence-electron chi connectivity index (χ4n) is 2.86. The fraction of sp³-hybridized carbons (Fsp3) is 0.857. The number of nitrogens with zero attached hydrogens (tertiary/aromatic N) is 2. The molecule has 0 bridgehead atoms. The number of carbonyl (C=O) groups is 1. The zero-order valence-corrected chi connectivity index (χ0v) is 11.2. The topological polar surface area (TPSA) is 56.1 Å².